The molecule has 0 atom stereocenters. The summed E-state index contributed by atoms with van der Waals surface area (Å²) in [6.07, 6.45) is 5.71. The van der Waals surface area contributed by atoms with E-state index in [1.54, 1.807) is 9.47 Å². The van der Waals surface area contributed by atoms with Gasteiger partial charge in [0.15, 0.2) is 0 Å². The molecule has 36 heavy (non-hydrogen) atoms. The number of amides is 1. The fraction of sp³-hybridized carbons (Fsp3) is 0.429. The zero-order valence-electron chi connectivity index (χ0n) is 21.1. The van der Waals surface area contributed by atoms with Crippen LogP contribution in [0.2, 0.25) is 0 Å². The lowest BCUT2D eigenvalue weighted by atomic mass is 9.97. The van der Waals surface area contributed by atoms with Gasteiger partial charge in [-0.15, -0.1) is 0 Å². The third kappa shape index (κ3) is 5.28. The smallest absolute Gasteiger partial charge is 0.270 e. The quantitative estimate of drug-likeness (QED) is 0.356. The molecule has 8 heteroatoms. The summed E-state index contributed by atoms with van der Waals surface area (Å²) in [6.45, 7) is 8.80. The van der Waals surface area contributed by atoms with E-state index in [0.717, 1.165) is 55.7 Å². The topological polar surface area (TPSA) is 69.3 Å². The SMILES string of the molecule is CCCCn1c(N2CCC(C)CC2)c(C=C2SC(=S)N(Cc3ccccc3)C2=O)c(C)c(C#N)c1=O. The van der Waals surface area contributed by atoms with Gasteiger partial charge in [-0.05, 0) is 49.3 Å². The first-order valence-corrected chi connectivity index (χ1v) is 13.8. The van der Waals surface area contributed by atoms with Crippen molar-refractivity contribution in [1.29, 1.82) is 5.26 Å². The number of nitriles is 1. The molecule has 0 unspecified atom stereocenters. The van der Waals surface area contributed by atoms with E-state index < -0.39 is 0 Å². The van der Waals surface area contributed by atoms with E-state index in [0.29, 0.717) is 33.8 Å². The molecule has 2 saturated heterocycles. The Morgan fingerprint density at radius 2 is 1.89 bits per heavy atom. The number of unbranched alkanes of at least 4 members (excludes halogenated alkanes) is 1. The molecular formula is C28H32N4O2S2. The summed E-state index contributed by atoms with van der Waals surface area (Å²) >= 11 is 6.86. The van der Waals surface area contributed by atoms with Crippen molar-refractivity contribution >= 4 is 46.1 Å². The fourth-order valence-corrected chi connectivity index (χ4v) is 6.00. The van der Waals surface area contributed by atoms with Crippen molar-refractivity contribution in [2.45, 2.75) is 59.5 Å². The molecule has 0 N–H and O–H groups in total. The summed E-state index contributed by atoms with van der Waals surface area (Å²) in [6, 6.07) is 11.9. The van der Waals surface area contributed by atoms with E-state index in [9.17, 15) is 14.9 Å². The van der Waals surface area contributed by atoms with Crippen LogP contribution in [-0.2, 0) is 17.9 Å². The Kier molecular flexibility index (Phi) is 8.32. The van der Waals surface area contributed by atoms with Gasteiger partial charge in [0, 0.05) is 25.2 Å². The first-order chi connectivity index (χ1) is 17.3. The Morgan fingerprint density at radius 1 is 1.19 bits per heavy atom. The number of aromatic nitrogens is 1. The molecule has 3 heterocycles. The first-order valence-electron chi connectivity index (χ1n) is 12.6. The second-order valence-electron chi connectivity index (χ2n) is 9.58. The highest BCUT2D eigenvalue weighted by Crippen LogP contribution is 2.37. The molecule has 6 nitrogen and oxygen atoms in total. The van der Waals surface area contributed by atoms with E-state index in [-0.39, 0.29) is 17.0 Å². The number of carbonyl (C=O) groups is 1. The molecule has 0 saturated carbocycles. The van der Waals surface area contributed by atoms with Gasteiger partial charge in [-0.25, -0.2) is 0 Å². The Balaban J connectivity index is 1.82. The van der Waals surface area contributed by atoms with Gasteiger partial charge in [-0.2, -0.15) is 5.26 Å². The highest BCUT2D eigenvalue weighted by Gasteiger charge is 2.33. The predicted octanol–water partition coefficient (Wildman–Crippen LogP) is 5.47. The van der Waals surface area contributed by atoms with Gasteiger partial charge in [-0.1, -0.05) is 74.6 Å². The van der Waals surface area contributed by atoms with E-state index >= 15 is 0 Å². The molecule has 0 radical (unpaired) electrons. The molecule has 0 bridgehead atoms. The van der Waals surface area contributed by atoms with Gasteiger partial charge in [0.25, 0.3) is 11.5 Å². The van der Waals surface area contributed by atoms with Crippen LogP contribution in [0.4, 0.5) is 5.82 Å². The number of carbonyl (C=O) groups excluding carboxylic acids is 1. The molecule has 2 fully saturated rings. The van der Waals surface area contributed by atoms with Crippen LogP contribution in [0.3, 0.4) is 0 Å². The van der Waals surface area contributed by atoms with Gasteiger partial charge in [-0.3, -0.25) is 19.1 Å². The van der Waals surface area contributed by atoms with Crippen molar-refractivity contribution in [1.82, 2.24) is 9.47 Å². The van der Waals surface area contributed by atoms with E-state index in [4.69, 9.17) is 12.2 Å². The fourth-order valence-electron chi connectivity index (χ4n) is 4.76. The molecule has 4 rings (SSSR count). The zero-order valence-corrected chi connectivity index (χ0v) is 22.8. The van der Waals surface area contributed by atoms with Crippen molar-refractivity contribution in [2.24, 2.45) is 5.92 Å². The lowest BCUT2D eigenvalue weighted by molar-refractivity contribution is -0.122. The molecule has 1 aromatic carbocycles. The summed E-state index contributed by atoms with van der Waals surface area (Å²) in [5, 5.41) is 9.87. The Hall–Kier alpha value is -2.89. The molecule has 2 aliphatic heterocycles. The van der Waals surface area contributed by atoms with Gasteiger partial charge in [0.2, 0.25) is 0 Å². The minimum atomic E-state index is -0.245. The minimum Gasteiger partial charge on any atom is -0.357 e. The van der Waals surface area contributed by atoms with Crippen LogP contribution in [0, 0.1) is 24.2 Å². The van der Waals surface area contributed by atoms with Gasteiger partial charge >= 0.3 is 0 Å². The number of benzene rings is 1. The van der Waals surface area contributed by atoms with Crippen LogP contribution in [0.25, 0.3) is 6.08 Å². The highest BCUT2D eigenvalue weighted by atomic mass is 32.2. The number of thiocarbonyl (C=S) groups is 1. The normalized spacial score (nSPS) is 17.8. The second kappa shape index (κ2) is 11.4. The number of nitrogens with zero attached hydrogens (tertiary/aromatic N) is 4. The highest BCUT2D eigenvalue weighted by molar-refractivity contribution is 8.26. The Morgan fingerprint density at radius 3 is 2.53 bits per heavy atom. The monoisotopic (exact) mass is 520 g/mol. The lowest BCUT2D eigenvalue weighted by Gasteiger charge is -2.35. The van der Waals surface area contributed by atoms with Crippen molar-refractivity contribution < 1.29 is 4.79 Å². The van der Waals surface area contributed by atoms with Crippen molar-refractivity contribution in [3.8, 4) is 6.07 Å². The Labute approximate surface area is 222 Å². The van der Waals surface area contributed by atoms with Crippen LogP contribution in [0.1, 0.15) is 61.8 Å². The summed E-state index contributed by atoms with van der Waals surface area (Å²) in [4.78, 5) is 31.3. The van der Waals surface area contributed by atoms with Crippen LogP contribution in [0.5, 0.6) is 0 Å². The number of anilines is 1. The summed E-state index contributed by atoms with van der Waals surface area (Å²) in [5.74, 6) is 1.32. The van der Waals surface area contributed by atoms with Crippen LogP contribution < -0.4 is 10.5 Å². The number of hydrogen-bond acceptors (Lipinski definition) is 6. The number of rotatable bonds is 7. The largest absolute Gasteiger partial charge is 0.357 e. The zero-order chi connectivity index (χ0) is 25.8. The third-order valence-corrected chi connectivity index (χ3v) is 8.38. The second-order valence-corrected chi connectivity index (χ2v) is 11.3. The van der Waals surface area contributed by atoms with Gasteiger partial charge in [0.1, 0.15) is 21.8 Å². The maximum absolute atomic E-state index is 13.4. The Bertz CT molecular complexity index is 1290. The van der Waals surface area contributed by atoms with Crippen molar-refractivity contribution in [2.75, 3.05) is 18.0 Å². The molecule has 1 aromatic heterocycles. The van der Waals surface area contributed by atoms with Crippen molar-refractivity contribution in [3.63, 3.8) is 0 Å². The van der Waals surface area contributed by atoms with E-state index in [1.807, 2.05) is 43.3 Å². The predicted molar refractivity (Wildman–Crippen MR) is 151 cm³/mol. The van der Waals surface area contributed by atoms with Gasteiger partial charge < -0.3 is 4.90 Å². The maximum Gasteiger partial charge on any atom is 0.270 e. The number of pyridine rings is 1. The molecule has 0 aliphatic carbocycles. The van der Waals surface area contributed by atoms with E-state index in [1.165, 1.54) is 11.8 Å². The maximum atomic E-state index is 13.4. The molecule has 0 spiro atoms. The van der Waals surface area contributed by atoms with Gasteiger partial charge in [0.05, 0.1) is 11.4 Å². The molecule has 2 aliphatic rings. The third-order valence-electron chi connectivity index (χ3n) is 7.00. The summed E-state index contributed by atoms with van der Waals surface area (Å²) in [7, 11) is 0. The lowest BCUT2D eigenvalue weighted by Crippen LogP contribution is -2.39. The van der Waals surface area contributed by atoms with Crippen molar-refractivity contribution in [3.05, 3.63) is 67.8 Å². The van der Waals surface area contributed by atoms with Crippen LogP contribution in [0.15, 0.2) is 40.0 Å². The first kappa shape index (κ1) is 26.2. The minimum absolute atomic E-state index is 0.142. The molecule has 1 amide bonds. The average Bonchev–Trinajstić information content (AvgIpc) is 3.14. The number of piperidine rings is 1. The van der Waals surface area contributed by atoms with Crippen LogP contribution in [-0.4, -0.2) is 32.8 Å². The average molecular weight is 521 g/mol. The molecular weight excluding hydrogens is 488 g/mol. The standard InChI is InChI=1S/C28H32N4O2S2/c1-4-5-13-31-25(30-14-11-19(2)12-15-30)22(20(3)23(17-29)26(31)33)16-24-27(34)32(28(35)36-24)18-21-9-7-6-8-10-21/h6-10,16,19H,4-5,11-15,18H2,1-3H3. The summed E-state index contributed by atoms with van der Waals surface area (Å²) < 4.78 is 2.28. The molecule has 2 aromatic rings. The van der Waals surface area contributed by atoms with E-state index in [2.05, 4.69) is 24.8 Å². The number of thioether (sulfide) groups is 1. The molecule has 188 valence electrons. The summed E-state index contributed by atoms with van der Waals surface area (Å²) in [5.41, 5.74) is 2.31. The number of hydrogen-bond donors (Lipinski definition) is 0. The van der Waals surface area contributed by atoms with Crippen LogP contribution >= 0.6 is 24.0 Å².